The van der Waals surface area contributed by atoms with Crippen molar-refractivity contribution in [2.24, 2.45) is 5.92 Å². The van der Waals surface area contributed by atoms with Crippen LogP contribution in [0.5, 0.6) is 0 Å². The van der Waals surface area contributed by atoms with E-state index in [2.05, 4.69) is 17.1 Å². The zero-order valence-electron chi connectivity index (χ0n) is 9.13. The number of hydrogen-bond acceptors (Lipinski definition) is 2. The second kappa shape index (κ2) is 6.02. The normalized spacial score (nSPS) is 26.6. The Morgan fingerprint density at radius 2 is 1.64 bits per heavy atom. The van der Waals surface area contributed by atoms with Crippen LogP contribution < -0.4 is 5.32 Å². The summed E-state index contributed by atoms with van der Waals surface area (Å²) >= 11 is 2.26. The van der Waals surface area contributed by atoms with Gasteiger partial charge in [-0.2, -0.15) is 11.8 Å². The monoisotopic (exact) mass is 213 g/mol. The Morgan fingerprint density at radius 1 is 0.929 bits per heavy atom. The second-order valence-electron chi connectivity index (χ2n) is 4.79. The van der Waals surface area contributed by atoms with Crippen molar-refractivity contribution in [2.75, 3.05) is 18.8 Å². The molecule has 2 rings (SSSR count). The molecule has 1 heterocycles. The molecule has 1 saturated carbocycles. The molecule has 1 N–H and O–H groups in total. The molecule has 0 amide bonds. The standard InChI is InChI=1S/C12H23NS/c1-2-4-11(5-3-1)10-14-12-6-8-13-9-7-12/h11-13H,1-10H2. The van der Waals surface area contributed by atoms with Gasteiger partial charge in [0.1, 0.15) is 0 Å². The van der Waals surface area contributed by atoms with Crippen molar-refractivity contribution in [1.29, 1.82) is 0 Å². The van der Waals surface area contributed by atoms with E-state index in [0.717, 1.165) is 11.2 Å². The molecule has 1 aliphatic carbocycles. The summed E-state index contributed by atoms with van der Waals surface area (Å²) in [5.74, 6) is 2.51. The van der Waals surface area contributed by atoms with Gasteiger partial charge in [-0.1, -0.05) is 19.3 Å². The highest BCUT2D eigenvalue weighted by molar-refractivity contribution is 7.99. The molecule has 0 aromatic rings. The molecular formula is C12H23NS. The summed E-state index contributed by atoms with van der Waals surface area (Å²) in [6.45, 7) is 2.50. The zero-order valence-corrected chi connectivity index (χ0v) is 9.95. The molecule has 0 unspecified atom stereocenters. The van der Waals surface area contributed by atoms with Crippen LogP contribution in [0.2, 0.25) is 0 Å². The summed E-state index contributed by atoms with van der Waals surface area (Å²) in [7, 11) is 0. The molecule has 1 saturated heterocycles. The van der Waals surface area contributed by atoms with E-state index in [1.165, 1.54) is 63.8 Å². The lowest BCUT2D eigenvalue weighted by atomic mass is 9.91. The van der Waals surface area contributed by atoms with E-state index in [9.17, 15) is 0 Å². The van der Waals surface area contributed by atoms with Crippen LogP contribution in [0.15, 0.2) is 0 Å². The molecule has 0 radical (unpaired) electrons. The molecule has 14 heavy (non-hydrogen) atoms. The Hall–Kier alpha value is 0.310. The summed E-state index contributed by atoms with van der Waals surface area (Å²) in [6.07, 6.45) is 10.3. The maximum atomic E-state index is 3.44. The Labute approximate surface area is 92.4 Å². The van der Waals surface area contributed by atoms with Gasteiger partial charge < -0.3 is 5.32 Å². The molecule has 0 bridgehead atoms. The highest BCUT2D eigenvalue weighted by Gasteiger charge is 2.17. The van der Waals surface area contributed by atoms with Crippen molar-refractivity contribution in [3.05, 3.63) is 0 Å². The second-order valence-corrected chi connectivity index (χ2v) is 6.12. The van der Waals surface area contributed by atoms with Crippen LogP contribution in [0.4, 0.5) is 0 Å². The van der Waals surface area contributed by atoms with Crippen molar-refractivity contribution >= 4 is 11.8 Å². The number of thioether (sulfide) groups is 1. The van der Waals surface area contributed by atoms with Crippen molar-refractivity contribution in [3.63, 3.8) is 0 Å². The first-order valence-corrected chi connectivity index (χ1v) is 7.32. The summed E-state index contributed by atoms with van der Waals surface area (Å²) in [5, 5.41) is 4.41. The third kappa shape index (κ3) is 3.47. The Bertz CT molecular complexity index is 130. The van der Waals surface area contributed by atoms with Gasteiger partial charge in [-0.25, -0.2) is 0 Å². The van der Waals surface area contributed by atoms with Crippen molar-refractivity contribution in [3.8, 4) is 0 Å². The summed E-state index contributed by atoms with van der Waals surface area (Å²) in [4.78, 5) is 0. The van der Waals surface area contributed by atoms with Gasteiger partial charge in [-0.05, 0) is 50.4 Å². The predicted molar refractivity (Wildman–Crippen MR) is 64.9 cm³/mol. The molecule has 82 valence electrons. The third-order valence-corrected chi connectivity index (χ3v) is 5.19. The van der Waals surface area contributed by atoms with E-state index in [0.29, 0.717) is 0 Å². The van der Waals surface area contributed by atoms with Crippen LogP contribution >= 0.6 is 11.8 Å². The van der Waals surface area contributed by atoms with Gasteiger partial charge in [0, 0.05) is 5.25 Å². The molecule has 0 spiro atoms. The average Bonchev–Trinajstić information content (AvgIpc) is 2.29. The molecule has 1 aliphatic heterocycles. The van der Waals surface area contributed by atoms with Crippen molar-refractivity contribution < 1.29 is 0 Å². The van der Waals surface area contributed by atoms with Gasteiger partial charge >= 0.3 is 0 Å². The van der Waals surface area contributed by atoms with Gasteiger partial charge in [-0.3, -0.25) is 0 Å². The topological polar surface area (TPSA) is 12.0 Å². The van der Waals surface area contributed by atoms with E-state index in [1.54, 1.807) is 0 Å². The number of piperidine rings is 1. The summed E-state index contributed by atoms with van der Waals surface area (Å²) in [6, 6.07) is 0. The Kier molecular flexibility index (Phi) is 4.65. The lowest BCUT2D eigenvalue weighted by Crippen LogP contribution is -2.29. The zero-order chi connectivity index (χ0) is 9.64. The fourth-order valence-corrected chi connectivity index (χ4v) is 4.03. The van der Waals surface area contributed by atoms with Crippen LogP contribution in [0.25, 0.3) is 0 Å². The van der Waals surface area contributed by atoms with E-state index in [-0.39, 0.29) is 0 Å². The van der Waals surface area contributed by atoms with Crippen molar-refractivity contribution in [2.45, 2.75) is 50.2 Å². The Morgan fingerprint density at radius 3 is 2.36 bits per heavy atom. The predicted octanol–water partition coefficient (Wildman–Crippen LogP) is 3.05. The number of nitrogens with one attached hydrogen (secondary N) is 1. The first-order chi connectivity index (χ1) is 6.95. The average molecular weight is 213 g/mol. The van der Waals surface area contributed by atoms with Crippen LogP contribution in [0, 0.1) is 5.92 Å². The first-order valence-electron chi connectivity index (χ1n) is 6.27. The summed E-state index contributed by atoms with van der Waals surface area (Å²) < 4.78 is 0. The minimum absolute atomic E-state index is 0.971. The fraction of sp³-hybridized carbons (Fsp3) is 1.00. The minimum Gasteiger partial charge on any atom is -0.317 e. The molecular weight excluding hydrogens is 190 g/mol. The molecule has 2 fully saturated rings. The maximum Gasteiger partial charge on any atom is 0.00712 e. The first kappa shape index (κ1) is 10.8. The van der Waals surface area contributed by atoms with Gasteiger partial charge in [0.2, 0.25) is 0 Å². The lowest BCUT2D eigenvalue weighted by molar-refractivity contribution is 0.390. The SMILES string of the molecule is C1CCC(CSC2CCNCC2)CC1. The Balaban J connectivity index is 1.60. The minimum atomic E-state index is 0.971. The highest BCUT2D eigenvalue weighted by Crippen LogP contribution is 2.30. The van der Waals surface area contributed by atoms with Crippen LogP contribution in [-0.2, 0) is 0 Å². The lowest BCUT2D eigenvalue weighted by Gasteiger charge is -2.26. The maximum absolute atomic E-state index is 3.44. The van der Waals surface area contributed by atoms with Crippen LogP contribution in [0.3, 0.4) is 0 Å². The quantitative estimate of drug-likeness (QED) is 0.773. The van der Waals surface area contributed by atoms with Crippen molar-refractivity contribution in [1.82, 2.24) is 5.32 Å². The van der Waals surface area contributed by atoms with Gasteiger partial charge in [0.25, 0.3) is 0 Å². The van der Waals surface area contributed by atoms with E-state index >= 15 is 0 Å². The van der Waals surface area contributed by atoms with E-state index < -0.39 is 0 Å². The molecule has 2 heteroatoms. The molecule has 0 aromatic heterocycles. The molecule has 1 nitrogen and oxygen atoms in total. The van der Waals surface area contributed by atoms with Gasteiger partial charge in [-0.15, -0.1) is 0 Å². The van der Waals surface area contributed by atoms with Gasteiger partial charge in [0.15, 0.2) is 0 Å². The highest BCUT2D eigenvalue weighted by atomic mass is 32.2. The fourth-order valence-electron chi connectivity index (χ4n) is 2.59. The van der Waals surface area contributed by atoms with Crippen LogP contribution in [-0.4, -0.2) is 24.1 Å². The van der Waals surface area contributed by atoms with Gasteiger partial charge in [0.05, 0.1) is 0 Å². The number of rotatable bonds is 3. The smallest absolute Gasteiger partial charge is 0.00712 e. The molecule has 0 aromatic carbocycles. The summed E-state index contributed by atoms with van der Waals surface area (Å²) in [5.41, 5.74) is 0. The molecule has 0 atom stereocenters. The van der Waals surface area contributed by atoms with E-state index in [1.807, 2.05) is 0 Å². The molecule has 2 aliphatic rings. The third-order valence-electron chi connectivity index (χ3n) is 3.58. The van der Waals surface area contributed by atoms with Crippen LogP contribution in [0.1, 0.15) is 44.9 Å². The largest absolute Gasteiger partial charge is 0.317 e. The number of hydrogen-bond donors (Lipinski definition) is 1. The van der Waals surface area contributed by atoms with E-state index in [4.69, 9.17) is 0 Å².